The van der Waals surface area contributed by atoms with Crippen LogP contribution in [-0.2, 0) is 0 Å². The first-order chi connectivity index (χ1) is 5.07. The van der Waals surface area contributed by atoms with Crippen molar-refractivity contribution in [3.05, 3.63) is 34.9 Å². The molecule has 1 unspecified atom stereocenters. The molecular weight excluding hydrogens is 158 g/mol. The molecule has 0 saturated heterocycles. The largest absolute Gasteiger partial charge is 0.212 e. The molecule has 11 heavy (non-hydrogen) atoms. The molecular formula is C9H14FP. The van der Waals surface area contributed by atoms with Crippen molar-refractivity contribution in [3.8, 4) is 0 Å². The molecule has 62 valence electrons. The van der Waals surface area contributed by atoms with Crippen LogP contribution >= 0.6 is 9.24 Å². The van der Waals surface area contributed by atoms with Crippen molar-refractivity contribution in [1.82, 2.24) is 0 Å². The summed E-state index contributed by atoms with van der Waals surface area (Å²) in [5.74, 6) is 1.76. The first-order valence-electron chi connectivity index (χ1n) is 3.47. The predicted molar refractivity (Wildman–Crippen MR) is 52.1 cm³/mol. The third kappa shape index (κ3) is 4.92. The Hall–Kier alpha value is -0.420. The second-order valence-corrected chi connectivity index (χ2v) is 2.79. The molecule has 0 aromatic rings. The molecule has 0 radical (unpaired) electrons. The lowest BCUT2D eigenvalue weighted by atomic mass is 10.1. The van der Waals surface area contributed by atoms with Gasteiger partial charge in [-0.3, -0.25) is 0 Å². The maximum Gasteiger partial charge on any atom is 0.0968 e. The fraction of sp³-hybridized carbons (Fsp3) is 0.333. The van der Waals surface area contributed by atoms with Crippen LogP contribution in [0, 0.1) is 0 Å². The third-order valence-electron chi connectivity index (χ3n) is 1.44. The molecule has 0 fully saturated rings. The third-order valence-corrected chi connectivity index (χ3v) is 1.94. The van der Waals surface area contributed by atoms with Gasteiger partial charge in [-0.25, -0.2) is 4.39 Å². The Balaban J connectivity index is 4.36. The van der Waals surface area contributed by atoms with Gasteiger partial charge in [0.1, 0.15) is 0 Å². The van der Waals surface area contributed by atoms with Gasteiger partial charge in [0, 0.05) is 0 Å². The van der Waals surface area contributed by atoms with E-state index in [2.05, 4.69) is 9.24 Å². The Morgan fingerprint density at radius 3 is 2.00 bits per heavy atom. The number of allylic oxidation sites excluding steroid dienone is 5. The van der Waals surface area contributed by atoms with Crippen LogP contribution in [0.25, 0.3) is 0 Å². The summed E-state index contributed by atoms with van der Waals surface area (Å²) in [4.78, 5) is 0. The molecule has 0 spiro atoms. The maximum atomic E-state index is 12.2. The summed E-state index contributed by atoms with van der Waals surface area (Å²) in [6, 6.07) is 0. The van der Waals surface area contributed by atoms with Crippen molar-refractivity contribution in [2.75, 3.05) is 0 Å². The van der Waals surface area contributed by atoms with Crippen LogP contribution in [0.15, 0.2) is 34.9 Å². The van der Waals surface area contributed by atoms with Crippen LogP contribution in [0.5, 0.6) is 0 Å². The Bertz CT molecular complexity index is 208. The smallest absolute Gasteiger partial charge is 0.0968 e. The number of hydrogen-bond acceptors (Lipinski definition) is 0. The molecule has 2 heteroatoms. The van der Waals surface area contributed by atoms with E-state index in [9.17, 15) is 4.39 Å². The van der Waals surface area contributed by atoms with Gasteiger partial charge in [0.25, 0.3) is 0 Å². The normalized spacial score (nSPS) is 15.5. The SMILES string of the molecule is CC(=C/C=C(\C)F)/C(C)=C/P. The molecule has 0 N–H and O–H groups in total. The summed E-state index contributed by atoms with van der Waals surface area (Å²) >= 11 is 0. The van der Waals surface area contributed by atoms with E-state index in [4.69, 9.17) is 0 Å². The van der Waals surface area contributed by atoms with E-state index < -0.39 is 0 Å². The zero-order valence-electron chi connectivity index (χ0n) is 7.19. The minimum absolute atomic E-state index is 0.166. The maximum absolute atomic E-state index is 12.2. The lowest BCUT2D eigenvalue weighted by Crippen LogP contribution is -1.75. The van der Waals surface area contributed by atoms with Crippen molar-refractivity contribution in [3.63, 3.8) is 0 Å². The molecule has 0 heterocycles. The standard InChI is InChI=1S/C9H14FP/c1-7(8(2)6-11)4-5-9(3)10/h4-6H,11H2,1-3H3/b7-4-,8-6+,9-5+. The topological polar surface area (TPSA) is 0 Å². The van der Waals surface area contributed by atoms with Crippen molar-refractivity contribution in [2.45, 2.75) is 20.8 Å². The second kappa shape index (κ2) is 5.26. The van der Waals surface area contributed by atoms with E-state index in [-0.39, 0.29) is 5.83 Å². The molecule has 0 aliphatic carbocycles. The molecule has 0 aromatic heterocycles. The van der Waals surface area contributed by atoms with E-state index in [1.54, 1.807) is 6.08 Å². The van der Waals surface area contributed by atoms with Crippen LogP contribution < -0.4 is 0 Å². The number of halogens is 1. The molecule has 1 atom stereocenters. The summed E-state index contributed by atoms with van der Waals surface area (Å²) in [7, 11) is 2.52. The molecule has 0 nitrogen and oxygen atoms in total. The number of rotatable bonds is 2. The monoisotopic (exact) mass is 172 g/mol. The Kier molecular flexibility index (Phi) is 5.06. The van der Waals surface area contributed by atoms with Gasteiger partial charge in [0.2, 0.25) is 0 Å². The first-order valence-corrected chi connectivity index (χ1v) is 4.14. The average Bonchev–Trinajstić information content (AvgIpc) is 1.98. The lowest BCUT2D eigenvalue weighted by Gasteiger charge is -1.96. The van der Waals surface area contributed by atoms with E-state index in [1.807, 2.05) is 19.7 Å². The van der Waals surface area contributed by atoms with Gasteiger partial charge >= 0.3 is 0 Å². The van der Waals surface area contributed by atoms with Gasteiger partial charge in [-0.2, -0.15) is 0 Å². The van der Waals surface area contributed by atoms with Crippen LogP contribution in [0.3, 0.4) is 0 Å². The average molecular weight is 172 g/mol. The van der Waals surface area contributed by atoms with Gasteiger partial charge in [-0.05, 0) is 38.0 Å². The van der Waals surface area contributed by atoms with Gasteiger partial charge in [0.15, 0.2) is 0 Å². The van der Waals surface area contributed by atoms with Gasteiger partial charge in [-0.1, -0.05) is 11.9 Å². The minimum Gasteiger partial charge on any atom is -0.212 e. The van der Waals surface area contributed by atoms with Crippen molar-refractivity contribution in [2.24, 2.45) is 0 Å². The van der Waals surface area contributed by atoms with Crippen molar-refractivity contribution < 1.29 is 4.39 Å². The molecule has 0 saturated carbocycles. The highest BCUT2D eigenvalue weighted by atomic mass is 31.0. The van der Waals surface area contributed by atoms with Gasteiger partial charge in [0.05, 0.1) is 5.83 Å². The molecule has 0 aliphatic rings. The molecule has 0 aliphatic heterocycles. The van der Waals surface area contributed by atoms with Gasteiger partial charge in [-0.15, -0.1) is 9.24 Å². The highest BCUT2D eigenvalue weighted by molar-refractivity contribution is 7.20. The van der Waals surface area contributed by atoms with E-state index in [1.165, 1.54) is 13.0 Å². The fourth-order valence-electron chi connectivity index (χ4n) is 0.503. The van der Waals surface area contributed by atoms with E-state index in [0.29, 0.717) is 0 Å². The summed E-state index contributed by atoms with van der Waals surface area (Å²) in [5, 5.41) is 0. The molecule has 0 aromatic carbocycles. The summed E-state index contributed by atoms with van der Waals surface area (Å²) in [5.41, 5.74) is 2.23. The van der Waals surface area contributed by atoms with Crippen LogP contribution in [-0.4, -0.2) is 0 Å². The fourth-order valence-corrected chi connectivity index (χ4v) is 0.766. The Morgan fingerprint density at radius 2 is 1.64 bits per heavy atom. The molecule has 0 bridgehead atoms. The molecule has 0 amide bonds. The lowest BCUT2D eigenvalue weighted by molar-refractivity contribution is 0.640. The predicted octanol–water partition coefficient (Wildman–Crippen LogP) is 3.58. The van der Waals surface area contributed by atoms with Crippen LogP contribution in [0.2, 0.25) is 0 Å². The zero-order valence-corrected chi connectivity index (χ0v) is 8.34. The van der Waals surface area contributed by atoms with Crippen LogP contribution in [0.1, 0.15) is 20.8 Å². The quantitative estimate of drug-likeness (QED) is 0.441. The second-order valence-electron chi connectivity index (χ2n) is 2.45. The highest BCUT2D eigenvalue weighted by Gasteiger charge is 1.88. The Labute approximate surface area is 70.1 Å². The zero-order chi connectivity index (χ0) is 8.85. The van der Waals surface area contributed by atoms with E-state index >= 15 is 0 Å². The van der Waals surface area contributed by atoms with Crippen molar-refractivity contribution >= 4 is 9.24 Å². The van der Waals surface area contributed by atoms with Crippen molar-refractivity contribution in [1.29, 1.82) is 0 Å². The van der Waals surface area contributed by atoms with Crippen LogP contribution in [0.4, 0.5) is 4.39 Å². The minimum atomic E-state index is -0.166. The van der Waals surface area contributed by atoms with Gasteiger partial charge < -0.3 is 0 Å². The number of hydrogen-bond donors (Lipinski definition) is 0. The summed E-state index contributed by atoms with van der Waals surface area (Å²) in [6.45, 7) is 5.37. The summed E-state index contributed by atoms with van der Waals surface area (Å²) < 4.78 is 12.2. The Morgan fingerprint density at radius 1 is 1.09 bits per heavy atom. The molecule has 0 rings (SSSR count). The first kappa shape index (κ1) is 10.6. The summed E-state index contributed by atoms with van der Waals surface area (Å²) in [6.07, 6.45) is 3.23. The van der Waals surface area contributed by atoms with E-state index in [0.717, 1.165) is 11.1 Å². The highest BCUT2D eigenvalue weighted by Crippen LogP contribution is 2.10.